The molecule has 0 aliphatic carbocycles. The maximum atomic E-state index is 11.1. The zero-order valence-corrected chi connectivity index (χ0v) is 13.8. The fourth-order valence-corrected chi connectivity index (χ4v) is 2.41. The monoisotopic (exact) mass is 334 g/mol. The van der Waals surface area contributed by atoms with Crippen molar-refractivity contribution in [3.8, 4) is 22.6 Å². The van der Waals surface area contributed by atoms with Crippen molar-refractivity contribution in [3.63, 3.8) is 0 Å². The number of methoxy groups -OCH3 is 1. The Kier molecular flexibility index (Phi) is 4.95. The SMILES string of the molecule is COc1ccc(-c2ccc(C(N)=O)nc2)cc1OCc1ccccc1. The Hall–Kier alpha value is -3.34. The molecule has 2 aromatic carbocycles. The number of pyridine rings is 1. The lowest BCUT2D eigenvalue weighted by Crippen LogP contribution is -2.12. The molecule has 0 aliphatic rings. The fraction of sp³-hybridized carbons (Fsp3) is 0.100. The molecule has 5 nitrogen and oxygen atoms in total. The van der Waals surface area contributed by atoms with Gasteiger partial charge in [0.25, 0.3) is 5.91 Å². The summed E-state index contributed by atoms with van der Waals surface area (Å²) in [6.45, 7) is 0.444. The second-order valence-electron chi connectivity index (χ2n) is 5.44. The molecule has 0 atom stereocenters. The minimum Gasteiger partial charge on any atom is -0.493 e. The Morgan fingerprint density at radius 2 is 1.76 bits per heavy atom. The molecule has 126 valence electrons. The molecule has 1 heterocycles. The normalized spacial score (nSPS) is 10.3. The summed E-state index contributed by atoms with van der Waals surface area (Å²) in [6, 6.07) is 19.0. The number of amides is 1. The average Bonchev–Trinajstić information content (AvgIpc) is 2.67. The fourth-order valence-electron chi connectivity index (χ4n) is 2.41. The summed E-state index contributed by atoms with van der Waals surface area (Å²) in [5.41, 5.74) is 8.30. The maximum Gasteiger partial charge on any atom is 0.267 e. The molecule has 3 aromatic rings. The number of carbonyl (C=O) groups excluding carboxylic acids is 1. The van der Waals surface area contributed by atoms with Gasteiger partial charge in [-0.25, -0.2) is 0 Å². The lowest BCUT2D eigenvalue weighted by atomic mass is 10.1. The number of primary amides is 1. The number of nitrogens with two attached hydrogens (primary N) is 1. The lowest BCUT2D eigenvalue weighted by Gasteiger charge is -2.12. The van der Waals surface area contributed by atoms with E-state index in [0.29, 0.717) is 18.1 Å². The Bertz CT molecular complexity index is 862. The average molecular weight is 334 g/mol. The number of carbonyl (C=O) groups is 1. The van der Waals surface area contributed by atoms with Crippen LogP contribution in [0.3, 0.4) is 0 Å². The largest absolute Gasteiger partial charge is 0.493 e. The van der Waals surface area contributed by atoms with Crippen molar-refractivity contribution in [3.05, 3.63) is 78.1 Å². The molecule has 1 amide bonds. The van der Waals surface area contributed by atoms with E-state index in [9.17, 15) is 4.79 Å². The summed E-state index contributed by atoms with van der Waals surface area (Å²) in [5.74, 6) is 0.748. The van der Waals surface area contributed by atoms with E-state index in [2.05, 4.69) is 4.98 Å². The van der Waals surface area contributed by atoms with Gasteiger partial charge in [0.15, 0.2) is 11.5 Å². The van der Waals surface area contributed by atoms with Gasteiger partial charge in [-0.2, -0.15) is 0 Å². The summed E-state index contributed by atoms with van der Waals surface area (Å²) in [7, 11) is 1.60. The van der Waals surface area contributed by atoms with E-state index in [1.807, 2.05) is 48.5 Å². The van der Waals surface area contributed by atoms with Crippen LogP contribution in [0.4, 0.5) is 0 Å². The van der Waals surface area contributed by atoms with Crippen LogP contribution in [0.15, 0.2) is 66.9 Å². The molecule has 0 saturated heterocycles. The molecule has 0 fully saturated rings. The van der Waals surface area contributed by atoms with Gasteiger partial charge in [-0.15, -0.1) is 0 Å². The van der Waals surface area contributed by atoms with E-state index in [0.717, 1.165) is 16.7 Å². The summed E-state index contributed by atoms with van der Waals surface area (Å²) in [4.78, 5) is 15.2. The van der Waals surface area contributed by atoms with Crippen LogP contribution in [0, 0.1) is 0 Å². The van der Waals surface area contributed by atoms with E-state index in [1.54, 1.807) is 25.4 Å². The third-order valence-electron chi connectivity index (χ3n) is 3.75. The molecule has 0 radical (unpaired) electrons. The predicted octanol–water partition coefficient (Wildman–Crippen LogP) is 3.44. The molecule has 0 saturated carbocycles. The highest BCUT2D eigenvalue weighted by Crippen LogP contribution is 2.33. The topological polar surface area (TPSA) is 74.4 Å². The van der Waals surface area contributed by atoms with Crippen molar-refractivity contribution < 1.29 is 14.3 Å². The number of benzene rings is 2. The van der Waals surface area contributed by atoms with Crippen molar-refractivity contribution in [2.75, 3.05) is 7.11 Å². The molecule has 0 unspecified atom stereocenters. The number of nitrogens with zero attached hydrogens (tertiary/aromatic N) is 1. The minimum absolute atomic E-state index is 0.234. The quantitative estimate of drug-likeness (QED) is 0.749. The summed E-state index contributed by atoms with van der Waals surface area (Å²) in [6.07, 6.45) is 1.61. The molecular weight excluding hydrogens is 316 g/mol. The van der Waals surface area contributed by atoms with Gasteiger partial charge in [-0.05, 0) is 29.3 Å². The lowest BCUT2D eigenvalue weighted by molar-refractivity contribution is 0.0995. The molecule has 3 rings (SSSR count). The first-order valence-electron chi connectivity index (χ1n) is 7.78. The van der Waals surface area contributed by atoms with E-state index < -0.39 is 5.91 Å². The minimum atomic E-state index is -0.548. The zero-order chi connectivity index (χ0) is 17.6. The van der Waals surface area contributed by atoms with Gasteiger partial charge >= 0.3 is 0 Å². The van der Waals surface area contributed by atoms with Gasteiger partial charge in [0.05, 0.1) is 7.11 Å². The van der Waals surface area contributed by atoms with Gasteiger partial charge in [-0.1, -0.05) is 42.5 Å². The van der Waals surface area contributed by atoms with Gasteiger partial charge in [0, 0.05) is 11.8 Å². The third-order valence-corrected chi connectivity index (χ3v) is 3.75. The molecule has 0 bridgehead atoms. The van der Waals surface area contributed by atoms with Gasteiger partial charge < -0.3 is 15.2 Å². The van der Waals surface area contributed by atoms with Crippen molar-refractivity contribution in [2.45, 2.75) is 6.61 Å². The molecule has 0 aliphatic heterocycles. The van der Waals surface area contributed by atoms with Crippen molar-refractivity contribution in [1.82, 2.24) is 4.98 Å². The number of ether oxygens (including phenoxy) is 2. The van der Waals surface area contributed by atoms with Crippen LogP contribution in [0.25, 0.3) is 11.1 Å². The second-order valence-corrected chi connectivity index (χ2v) is 5.44. The molecule has 2 N–H and O–H groups in total. The molecule has 5 heteroatoms. The zero-order valence-electron chi connectivity index (χ0n) is 13.8. The van der Waals surface area contributed by atoms with Crippen LogP contribution in [-0.4, -0.2) is 18.0 Å². The van der Waals surface area contributed by atoms with Crippen molar-refractivity contribution in [2.24, 2.45) is 5.73 Å². The first-order chi connectivity index (χ1) is 12.2. The first-order valence-corrected chi connectivity index (χ1v) is 7.78. The van der Waals surface area contributed by atoms with E-state index in [1.165, 1.54) is 0 Å². The van der Waals surface area contributed by atoms with Crippen LogP contribution in [0.2, 0.25) is 0 Å². The second kappa shape index (κ2) is 7.49. The number of aromatic nitrogens is 1. The molecular formula is C20H18N2O3. The number of rotatable bonds is 6. The summed E-state index contributed by atoms with van der Waals surface area (Å²) >= 11 is 0. The van der Waals surface area contributed by atoms with Crippen LogP contribution in [-0.2, 0) is 6.61 Å². The van der Waals surface area contributed by atoms with Crippen LogP contribution >= 0.6 is 0 Å². The van der Waals surface area contributed by atoms with E-state index in [-0.39, 0.29) is 5.69 Å². The highest BCUT2D eigenvalue weighted by Gasteiger charge is 2.09. The molecule has 25 heavy (non-hydrogen) atoms. The highest BCUT2D eigenvalue weighted by molar-refractivity contribution is 5.91. The number of hydrogen-bond acceptors (Lipinski definition) is 4. The predicted molar refractivity (Wildman–Crippen MR) is 95.5 cm³/mol. The Balaban J connectivity index is 1.85. The van der Waals surface area contributed by atoms with E-state index in [4.69, 9.17) is 15.2 Å². The highest BCUT2D eigenvalue weighted by atomic mass is 16.5. The van der Waals surface area contributed by atoms with Gasteiger partial charge in [-0.3, -0.25) is 9.78 Å². The molecule has 0 spiro atoms. The van der Waals surface area contributed by atoms with Gasteiger partial charge in [0.2, 0.25) is 0 Å². The summed E-state index contributed by atoms with van der Waals surface area (Å²) < 4.78 is 11.3. The van der Waals surface area contributed by atoms with E-state index >= 15 is 0 Å². The third kappa shape index (κ3) is 3.95. The summed E-state index contributed by atoms with van der Waals surface area (Å²) in [5, 5.41) is 0. The van der Waals surface area contributed by atoms with Gasteiger partial charge in [0.1, 0.15) is 12.3 Å². The molecule has 1 aromatic heterocycles. The maximum absolute atomic E-state index is 11.1. The smallest absolute Gasteiger partial charge is 0.267 e. The van der Waals surface area contributed by atoms with Crippen LogP contribution in [0.1, 0.15) is 16.1 Å². The van der Waals surface area contributed by atoms with Crippen molar-refractivity contribution >= 4 is 5.91 Å². The standard InChI is InChI=1S/C20H18N2O3/c1-24-18-10-8-15(16-7-9-17(20(21)23)22-12-16)11-19(18)25-13-14-5-3-2-4-6-14/h2-12H,13H2,1H3,(H2,21,23). The Morgan fingerprint density at radius 1 is 1.00 bits per heavy atom. The van der Waals surface area contributed by atoms with Crippen molar-refractivity contribution in [1.29, 1.82) is 0 Å². The van der Waals surface area contributed by atoms with Crippen LogP contribution in [0.5, 0.6) is 11.5 Å². The number of hydrogen-bond donors (Lipinski definition) is 1. The Morgan fingerprint density at radius 3 is 2.40 bits per heavy atom. The first kappa shape index (κ1) is 16.5. The Labute approximate surface area is 146 Å². The van der Waals surface area contributed by atoms with Crippen LogP contribution < -0.4 is 15.2 Å².